The third-order valence-electron chi connectivity index (χ3n) is 4.27. The second-order valence-electron chi connectivity index (χ2n) is 5.73. The Morgan fingerprint density at radius 1 is 1.09 bits per heavy atom. The third kappa shape index (κ3) is 2.97. The maximum absolute atomic E-state index is 12.5. The Hall–Kier alpha value is -1.94. The number of carbonyl (C=O) groups is 2. The third-order valence-corrected chi connectivity index (χ3v) is 5.27. The molecule has 1 aromatic carbocycles. The molecular weight excluding hydrogens is 294 g/mol. The normalized spacial score (nSPS) is 15.8. The molecule has 0 atom stereocenters. The van der Waals surface area contributed by atoms with Crippen molar-refractivity contribution >= 4 is 23.0 Å². The molecule has 3 nitrogen and oxygen atoms in total. The molecule has 0 spiro atoms. The SMILES string of the molecule is Cc1ccsc1C(=O)N1CCC(C(=O)c2ccccc2)CC1. The van der Waals surface area contributed by atoms with E-state index in [9.17, 15) is 9.59 Å². The van der Waals surface area contributed by atoms with E-state index in [2.05, 4.69) is 0 Å². The summed E-state index contributed by atoms with van der Waals surface area (Å²) >= 11 is 1.50. The Kier molecular flexibility index (Phi) is 4.39. The quantitative estimate of drug-likeness (QED) is 0.808. The van der Waals surface area contributed by atoms with E-state index in [1.807, 2.05) is 53.6 Å². The number of hydrogen-bond donors (Lipinski definition) is 0. The van der Waals surface area contributed by atoms with Crippen molar-refractivity contribution in [3.63, 3.8) is 0 Å². The van der Waals surface area contributed by atoms with Crippen molar-refractivity contribution in [1.29, 1.82) is 0 Å². The van der Waals surface area contributed by atoms with Gasteiger partial charge in [-0.1, -0.05) is 30.3 Å². The van der Waals surface area contributed by atoms with Gasteiger partial charge in [0.05, 0.1) is 4.88 Å². The minimum absolute atomic E-state index is 0.0379. The van der Waals surface area contributed by atoms with Crippen LogP contribution in [0.3, 0.4) is 0 Å². The molecule has 0 aliphatic carbocycles. The van der Waals surface area contributed by atoms with Crippen molar-refractivity contribution in [2.45, 2.75) is 19.8 Å². The number of nitrogens with zero attached hydrogens (tertiary/aromatic N) is 1. The Labute approximate surface area is 134 Å². The van der Waals surface area contributed by atoms with Gasteiger partial charge in [-0.05, 0) is 36.8 Å². The topological polar surface area (TPSA) is 37.4 Å². The van der Waals surface area contributed by atoms with Gasteiger partial charge in [0.25, 0.3) is 5.91 Å². The van der Waals surface area contributed by atoms with E-state index < -0.39 is 0 Å². The van der Waals surface area contributed by atoms with E-state index in [-0.39, 0.29) is 17.6 Å². The Balaban J connectivity index is 1.62. The number of Topliss-reactive ketones (excluding diaryl/α,β-unsaturated/α-hetero) is 1. The average Bonchev–Trinajstić information content (AvgIpc) is 3.00. The van der Waals surface area contributed by atoms with Gasteiger partial charge in [-0.2, -0.15) is 0 Å². The van der Waals surface area contributed by atoms with Crippen LogP contribution in [0.4, 0.5) is 0 Å². The van der Waals surface area contributed by atoms with Gasteiger partial charge >= 0.3 is 0 Å². The minimum Gasteiger partial charge on any atom is -0.338 e. The molecule has 1 fully saturated rings. The van der Waals surface area contributed by atoms with Gasteiger partial charge in [0, 0.05) is 24.6 Å². The first-order chi connectivity index (χ1) is 10.7. The molecule has 114 valence electrons. The summed E-state index contributed by atoms with van der Waals surface area (Å²) in [7, 11) is 0. The number of ketones is 1. The summed E-state index contributed by atoms with van der Waals surface area (Å²) in [5.74, 6) is 0.356. The highest BCUT2D eigenvalue weighted by Gasteiger charge is 2.29. The molecule has 0 unspecified atom stereocenters. The van der Waals surface area contributed by atoms with Gasteiger partial charge in [-0.15, -0.1) is 11.3 Å². The summed E-state index contributed by atoms with van der Waals surface area (Å²) in [4.78, 5) is 27.6. The van der Waals surface area contributed by atoms with Crippen LogP contribution in [-0.4, -0.2) is 29.7 Å². The summed E-state index contributed by atoms with van der Waals surface area (Å²) < 4.78 is 0. The fourth-order valence-corrected chi connectivity index (χ4v) is 3.81. The number of amides is 1. The molecule has 4 heteroatoms. The average molecular weight is 313 g/mol. The highest BCUT2D eigenvalue weighted by molar-refractivity contribution is 7.12. The number of hydrogen-bond acceptors (Lipinski definition) is 3. The summed E-state index contributed by atoms with van der Waals surface area (Å²) in [5, 5.41) is 1.95. The van der Waals surface area contributed by atoms with Crippen LogP contribution in [0.2, 0.25) is 0 Å². The zero-order chi connectivity index (χ0) is 15.5. The lowest BCUT2D eigenvalue weighted by Crippen LogP contribution is -2.40. The van der Waals surface area contributed by atoms with Crippen molar-refractivity contribution < 1.29 is 9.59 Å². The molecular formula is C18H19NO2S. The van der Waals surface area contributed by atoms with Gasteiger partial charge in [0.1, 0.15) is 0 Å². The van der Waals surface area contributed by atoms with Crippen molar-refractivity contribution in [2.24, 2.45) is 5.92 Å². The standard InChI is InChI=1S/C18H19NO2S/c1-13-9-12-22-17(13)18(21)19-10-7-15(8-11-19)16(20)14-5-3-2-4-6-14/h2-6,9,12,15H,7-8,10-11H2,1H3. The predicted molar refractivity (Wildman–Crippen MR) is 88.5 cm³/mol. The molecule has 1 aromatic heterocycles. The van der Waals surface area contributed by atoms with Crippen LogP contribution in [0.1, 0.15) is 38.4 Å². The van der Waals surface area contributed by atoms with E-state index >= 15 is 0 Å². The largest absolute Gasteiger partial charge is 0.338 e. The van der Waals surface area contributed by atoms with Gasteiger partial charge in [-0.25, -0.2) is 0 Å². The number of aryl methyl sites for hydroxylation is 1. The van der Waals surface area contributed by atoms with Crippen LogP contribution in [-0.2, 0) is 0 Å². The first kappa shape index (κ1) is 15.0. The molecule has 2 heterocycles. The second-order valence-corrected chi connectivity index (χ2v) is 6.65. The number of carbonyl (C=O) groups excluding carboxylic acids is 2. The van der Waals surface area contributed by atoms with E-state index in [1.54, 1.807) is 0 Å². The molecule has 3 rings (SSSR count). The number of piperidine rings is 1. The maximum atomic E-state index is 12.5. The van der Waals surface area contributed by atoms with E-state index in [0.717, 1.165) is 28.8 Å². The number of thiophene rings is 1. The monoisotopic (exact) mass is 313 g/mol. The molecule has 0 bridgehead atoms. The molecule has 0 saturated carbocycles. The Bertz CT molecular complexity index is 669. The second kappa shape index (κ2) is 6.44. The van der Waals surface area contributed by atoms with Gasteiger partial charge in [0.2, 0.25) is 0 Å². The fraction of sp³-hybridized carbons (Fsp3) is 0.333. The highest BCUT2D eigenvalue weighted by Crippen LogP contribution is 2.25. The first-order valence-corrected chi connectivity index (χ1v) is 8.47. The first-order valence-electron chi connectivity index (χ1n) is 7.59. The lowest BCUT2D eigenvalue weighted by atomic mass is 9.89. The smallest absolute Gasteiger partial charge is 0.264 e. The molecule has 1 aliphatic rings. The number of benzene rings is 1. The highest BCUT2D eigenvalue weighted by atomic mass is 32.1. The maximum Gasteiger partial charge on any atom is 0.264 e. The molecule has 1 saturated heterocycles. The molecule has 1 aliphatic heterocycles. The molecule has 0 radical (unpaired) electrons. The van der Waals surface area contributed by atoms with Gasteiger partial charge in [-0.3, -0.25) is 9.59 Å². The van der Waals surface area contributed by atoms with Crippen molar-refractivity contribution in [1.82, 2.24) is 4.90 Å². The van der Waals surface area contributed by atoms with Gasteiger partial charge < -0.3 is 4.90 Å². The molecule has 2 aromatic rings. The van der Waals surface area contributed by atoms with E-state index in [0.29, 0.717) is 13.1 Å². The van der Waals surface area contributed by atoms with Crippen LogP contribution in [0.5, 0.6) is 0 Å². The van der Waals surface area contributed by atoms with Crippen molar-refractivity contribution in [3.8, 4) is 0 Å². The predicted octanol–water partition coefficient (Wildman–Crippen LogP) is 3.79. The molecule has 0 N–H and O–H groups in total. The van der Waals surface area contributed by atoms with Crippen molar-refractivity contribution in [2.75, 3.05) is 13.1 Å². The lowest BCUT2D eigenvalue weighted by molar-refractivity contribution is 0.0653. The van der Waals surface area contributed by atoms with Crippen LogP contribution < -0.4 is 0 Å². The van der Waals surface area contributed by atoms with Crippen LogP contribution >= 0.6 is 11.3 Å². The Morgan fingerprint density at radius 3 is 2.36 bits per heavy atom. The zero-order valence-corrected chi connectivity index (χ0v) is 13.4. The number of rotatable bonds is 3. The van der Waals surface area contributed by atoms with E-state index in [1.165, 1.54) is 11.3 Å². The Morgan fingerprint density at radius 2 is 1.77 bits per heavy atom. The minimum atomic E-state index is 0.0379. The summed E-state index contributed by atoms with van der Waals surface area (Å²) in [6.07, 6.45) is 1.51. The summed E-state index contributed by atoms with van der Waals surface area (Å²) in [6.45, 7) is 3.30. The zero-order valence-electron chi connectivity index (χ0n) is 12.6. The van der Waals surface area contributed by atoms with Crippen molar-refractivity contribution in [3.05, 3.63) is 57.8 Å². The molecule has 22 heavy (non-hydrogen) atoms. The van der Waals surface area contributed by atoms with Crippen LogP contribution in [0.15, 0.2) is 41.8 Å². The lowest BCUT2D eigenvalue weighted by Gasteiger charge is -2.31. The van der Waals surface area contributed by atoms with Gasteiger partial charge in [0.15, 0.2) is 5.78 Å². The molecule has 1 amide bonds. The fourth-order valence-electron chi connectivity index (χ4n) is 2.92. The van der Waals surface area contributed by atoms with Crippen LogP contribution in [0, 0.1) is 12.8 Å². The number of likely N-dealkylation sites (tertiary alicyclic amines) is 1. The van der Waals surface area contributed by atoms with Crippen LogP contribution in [0.25, 0.3) is 0 Å². The summed E-state index contributed by atoms with van der Waals surface area (Å²) in [5.41, 5.74) is 1.82. The van der Waals surface area contributed by atoms with E-state index in [4.69, 9.17) is 0 Å². The summed E-state index contributed by atoms with van der Waals surface area (Å²) in [6, 6.07) is 11.4.